The second-order valence-corrected chi connectivity index (χ2v) is 9.69. The molecule has 0 aliphatic carbocycles. The summed E-state index contributed by atoms with van der Waals surface area (Å²) in [6, 6.07) is 5.73. The van der Waals surface area contributed by atoms with Gasteiger partial charge in [0.25, 0.3) is 0 Å². The molecule has 1 aliphatic heterocycles. The number of aromatic nitrogens is 1. The Morgan fingerprint density at radius 3 is 2.90 bits per heavy atom. The number of hydrogen-bond acceptors (Lipinski definition) is 7. The largest absolute Gasteiger partial charge is 0.772 e. The molecule has 2 heterocycles. The first-order valence-corrected chi connectivity index (χ1v) is 11.4. The van der Waals surface area contributed by atoms with Crippen LogP contribution in [0.3, 0.4) is 0 Å². The summed E-state index contributed by atoms with van der Waals surface area (Å²) in [6.07, 6.45) is 0.661. The average Bonchev–Trinajstić information content (AvgIpc) is 3.09. The lowest BCUT2D eigenvalue weighted by Crippen LogP contribution is -2.42. The highest BCUT2D eigenvalue weighted by atomic mass is 32.2. The van der Waals surface area contributed by atoms with Crippen LogP contribution in [0.25, 0.3) is 10.2 Å². The number of rotatable bonds is 6. The number of fused-ring (bicyclic) bond motifs is 1. The van der Waals surface area contributed by atoms with E-state index >= 15 is 0 Å². The molecule has 1 fully saturated rings. The smallest absolute Gasteiger partial charge is 0.250 e. The second-order valence-electron chi connectivity index (χ2n) is 7.68. The third-order valence-corrected chi connectivity index (χ3v) is 6.97. The maximum Gasteiger partial charge on any atom is 0.250 e. The number of nitrogens with one attached hydrogen (secondary N) is 1. The number of amides is 1. The van der Waals surface area contributed by atoms with Crippen LogP contribution in [-0.4, -0.2) is 55.7 Å². The van der Waals surface area contributed by atoms with E-state index in [9.17, 15) is 13.6 Å². The van der Waals surface area contributed by atoms with E-state index in [1.54, 1.807) is 5.48 Å². The van der Waals surface area contributed by atoms with E-state index in [1.807, 2.05) is 18.2 Å². The summed E-state index contributed by atoms with van der Waals surface area (Å²) in [6.45, 7) is 3.50. The van der Waals surface area contributed by atoms with Crippen molar-refractivity contribution in [1.82, 2.24) is 15.4 Å². The lowest BCUT2D eigenvalue weighted by Gasteiger charge is -2.32. The molecule has 3 rings (SSSR count). The molecule has 1 aliphatic rings. The highest BCUT2D eigenvalue weighted by Crippen LogP contribution is 2.29. The number of likely N-dealkylation sites (tertiary alicyclic amines) is 1. The van der Waals surface area contributed by atoms with Crippen molar-refractivity contribution in [2.45, 2.75) is 19.8 Å². The Balaban J connectivity index is 1.68. The topological polar surface area (TPSA) is 106 Å². The molecule has 1 aromatic carbocycles. The third kappa shape index (κ3) is 5.66. The van der Waals surface area contributed by atoms with E-state index < -0.39 is 22.4 Å². The Kier molecular flexibility index (Phi) is 7.24. The Labute approximate surface area is 182 Å². The fraction of sp³-hybridized carbons (Fsp3) is 0.429. The van der Waals surface area contributed by atoms with Crippen LogP contribution in [0.15, 0.2) is 18.2 Å². The van der Waals surface area contributed by atoms with Gasteiger partial charge in [-0.1, -0.05) is 22.9 Å². The van der Waals surface area contributed by atoms with E-state index in [0.29, 0.717) is 12.3 Å². The standard InChI is InChI=1S/C21H23N3O4S2/c1-21(14-30(27)28,20(25)23-26)10-9-19-22-17-8-7-15(11-18(17)29-19)5-3-4-6-16-12-24(2)13-16/h7-8,11,16,26H,9-10,12-14H2,1-2H3,(H,23,25)(H,27,28)/p-1/t21-/m0/s1. The SMILES string of the molecule is CN1CC(C#CC#Cc2ccc3nc(CC[C@@](C)(CS(=O)[O-])C(=O)NO)sc3c2)C1. The van der Waals surface area contributed by atoms with Crippen LogP contribution in [0.5, 0.6) is 0 Å². The van der Waals surface area contributed by atoms with E-state index in [1.165, 1.54) is 18.3 Å². The Morgan fingerprint density at radius 1 is 1.47 bits per heavy atom. The Bertz CT molecular complexity index is 1090. The molecule has 30 heavy (non-hydrogen) atoms. The summed E-state index contributed by atoms with van der Waals surface area (Å²) in [5.41, 5.74) is 2.01. The third-order valence-electron chi connectivity index (χ3n) is 5.02. The molecule has 2 atom stereocenters. The van der Waals surface area contributed by atoms with Crippen LogP contribution in [0.1, 0.15) is 23.9 Å². The van der Waals surface area contributed by atoms with Crippen LogP contribution >= 0.6 is 11.3 Å². The predicted octanol–water partition coefficient (Wildman–Crippen LogP) is 1.54. The summed E-state index contributed by atoms with van der Waals surface area (Å²) in [5, 5.41) is 9.72. The zero-order chi connectivity index (χ0) is 21.7. The van der Waals surface area contributed by atoms with Crippen molar-refractivity contribution in [3.05, 3.63) is 28.8 Å². The van der Waals surface area contributed by atoms with E-state index in [2.05, 4.69) is 40.6 Å². The van der Waals surface area contributed by atoms with Crippen LogP contribution in [0, 0.1) is 35.0 Å². The molecule has 0 saturated carbocycles. The predicted molar refractivity (Wildman–Crippen MR) is 115 cm³/mol. The minimum Gasteiger partial charge on any atom is -0.772 e. The Hall–Kier alpha value is -2.27. The second kappa shape index (κ2) is 9.69. The van der Waals surface area contributed by atoms with Gasteiger partial charge in [-0.25, -0.2) is 10.5 Å². The molecule has 9 heteroatoms. The zero-order valence-corrected chi connectivity index (χ0v) is 18.4. The van der Waals surface area contributed by atoms with Gasteiger partial charge in [0, 0.05) is 36.7 Å². The number of hydroxylamine groups is 1. The molecule has 1 amide bonds. The maximum atomic E-state index is 11.9. The zero-order valence-electron chi connectivity index (χ0n) is 16.7. The van der Waals surface area contributed by atoms with E-state index in [4.69, 9.17) is 5.21 Å². The van der Waals surface area contributed by atoms with Gasteiger partial charge in [-0.3, -0.25) is 14.2 Å². The van der Waals surface area contributed by atoms with Crippen LogP contribution in [0.4, 0.5) is 0 Å². The van der Waals surface area contributed by atoms with Gasteiger partial charge >= 0.3 is 0 Å². The van der Waals surface area contributed by atoms with Gasteiger partial charge in [0.1, 0.15) is 0 Å². The van der Waals surface area contributed by atoms with Crippen molar-refractivity contribution in [2.75, 3.05) is 25.9 Å². The summed E-state index contributed by atoms with van der Waals surface area (Å²) in [5.74, 6) is 11.3. The van der Waals surface area contributed by atoms with Gasteiger partial charge in [0.05, 0.1) is 20.6 Å². The highest BCUT2D eigenvalue weighted by molar-refractivity contribution is 7.79. The normalized spacial score (nSPS) is 17.1. The quantitative estimate of drug-likeness (QED) is 0.303. The molecular weight excluding hydrogens is 422 g/mol. The number of aryl methyl sites for hydroxylation is 1. The van der Waals surface area contributed by atoms with Crippen molar-refractivity contribution in [3.63, 3.8) is 0 Å². The number of benzene rings is 1. The number of carbonyl (C=O) groups is 1. The molecule has 0 bridgehead atoms. The number of hydrogen-bond donors (Lipinski definition) is 2. The van der Waals surface area contributed by atoms with Gasteiger partial charge in [-0.2, -0.15) is 0 Å². The van der Waals surface area contributed by atoms with Gasteiger partial charge in [0.15, 0.2) is 0 Å². The first kappa shape index (κ1) is 22.4. The fourth-order valence-electron chi connectivity index (χ4n) is 3.22. The lowest BCUT2D eigenvalue weighted by atomic mass is 9.87. The average molecular weight is 445 g/mol. The number of nitrogens with zero attached hydrogens (tertiary/aromatic N) is 2. The molecule has 7 nitrogen and oxygen atoms in total. The van der Waals surface area contributed by atoms with Crippen LogP contribution in [0.2, 0.25) is 0 Å². The van der Waals surface area contributed by atoms with Crippen molar-refractivity contribution >= 4 is 38.5 Å². The molecule has 1 unspecified atom stereocenters. The summed E-state index contributed by atoms with van der Waals surface area (Å²) in [7, 11) is 2.06. The first-order valence-electron chi connectivity index (χ1n) is 9.39. The highest BCUT2D eigenvalue weighted by Gasteiger charge is 2.33. The molecular formula is C21H22N3O4S2-. The van der Waals surface area contributed by atoms with Gasteiger partial charge in [-0.15, -0.1) is 11.3 Å². The van der Waals surface area contributed by atoms with Crippen molar-refractivity contribution in [2.24, 2.45) is 11.3 Å². The first-order chi connectivity index (χ1) is 14.3. The Morgan fingerprint density at radius 2 is 2.23 bits per heavy atom. The van der Waals surface area contributed by atoms with E-state index in [-0.39, 0.29) is 12.2 Å². The maximum absolute atomic E-state index is 11.9. The van der Waals surface area contributed by atoms with Crippen molar-refractivity contribution in [3.8, 4) is 23.7 Å². The summed E-state index contributed by atoms with van der Waals surface area (Å²) in [4.78, 5) is 18.7. The van der Waals surface area contributed by atoms with Gasteiger partial charge in [-0.05, 0) is 50.4 Å². The fourth-order valence-corrected chi connectivity index (χ4v) is 5.02. The molecule has 0 spiro atoms. The molecule has 158 valence electrons. The molecule has 2 aromatic rings. The summed E-state index contributed by atoms with van der Waals surface area (Å²) < 4.78 is 23.2. The van der Waals surface area contributed by atoms with Crippen molar-refractivity contribution in [1.29, 1.82) is 0 Å². The number of carbonyl (C=O) groups excluding carboxylic acids is 1. The number of thiazole rings is 1. The van der Waals surface area contributed by atoms with E-state index in [0.717, 1.165) is 33.9 Å². The minimum absolute atomic E-state index is 0.242. The summed E-state index contributed by atoms with van der Waals surface area (Å²) >= 11 is -0.928. The molecule has 0 radical (unpaired) electrons. The van der Waals surface area contributed by atoms with Gasteiger partial charge in [0.2, 0.25) is 5.91 Å². The van der Waals surface area contributed by atoms with Crippen LogP contribution in [-0.2, 0) is 22.3 Å². The van der Waals surface area contributed by atoms with Gasteiger partial charge < -0.3 is 9.45 Å². The molecule has 1 saturated heterocycles. The molecule has 1 aromatic heterocycles. The van der Waals surface area contributed by atoms with Crippen LogP contribution < -0.4 is 5.48 Å². The van der Waals surface area contributed by atoms with Crippen molar-refractivity contribution < 1.29 is 18.8 Å². The minimum atomic E-state index is -2.41. The lowest BCUT2D eigenvalue weighted by molar-refractivity contribution is -0.138. The molecule has 2 N–H and O–H groups in total. The monoisotopic (exact) mass is 444 g/mol.